The number of aryl methyl sites for hydroxylation is 2. The summed E-state index contributed by atoms with van der Waals surface area (Å²) in [5.74, 6) is 0. The Morgan fingerprint density at radius 1 is 1.33 bits per heavy atom. The molecule has 1 aromatic carbocycles. The fourth-order valence-corrected chi connectivity index (χ4v) is 2.59. The van der Waals surface area contributed by atoms with Crippen LogP contribution < -0.4 is 5.32 Å². The van der Waals surface area contributed by atoms with E-state index in [1.54, 1.807) is 10.9 Å². The van der Waals surface area contributed by atoms with Crippen molar-refractivity contribution < 1.29 is 0 Å². The summed E-state index contributed by atoms with van der Waals surface area (Å²) in [7, 11) is 3.75. The topological polar surface area (TPSA) is 29.9 Å². The van der Waals surface area contributed by atoms with Crippen LogP contribution in [-0.4, -0.2) is 16.8 Å². The van der Waals surface area contributed by atoms with Crippen molar-refractivity contribution in [2.75, 3.05) is 7.05 Å². The van der Waals surface area contributed by atoms with Gasteiger partial charge in [-0.1, -0.05) is 41.4 Å². The Balaban J connectivity index is 2.56. The molecule has 1 N–H and O–H groups in total. The molecule has 1 unspecified atom stereocenters. The maximum Gasteiger partial charge on any atom is 0.0837 e. The lowest BCUT2D eigenvalue weighted by atomic mass is 10.0. The van der Waals surface area contributed by atoms with Crippen LogP contribution in [0.3, 0.4) is 0 Å². The van der Waals surface area contributed by atoms with E-state index >= 15 is 0 Å². The number of aromatic nitrogens is 2. The van der Waals surface area contributed by atoms with Gasteiger partial charge in [-0.3, -0.25) is 4.68 Å². The van der Waals surface area contributed by atoms with E-state index < -0.39 is 0 Å². The van der Waals surface area contributed by atoms with Crippen LogP contribution in [0.2, 0.25) is 10.0 Å². The van der Waals surface area contributed by atoms with E-state index in [2.05, 4.69) is 10.4 Å². The molecule has 2 rings (SSSR count). The third-order valence-electron chi connectivity index (χ3n) is 3.03. The van der Waals surface area contributed by atoms with Crippen LogP contribution in [0.15, 0.2) is 24.4 Å². The van der Waals surface area contributed by atoms with E-state index in [0.29, 0.717) is 5.02 Å². The highest BCUT2D eigenvalue weighted by atomic mass is 35.5. The van der Waals surface area contributed by atoms with Crippen molar-refractivity contribution in [2.45, 2.75) is 13.0 Å². The number of nitrogens with one attached hydrogen (secondary N) is 1. The fourth-order valence-electron chi connectivity index (χ4n) is 2.08. The van der Waals surface area contributed by atoms with Crippen molar-refractivity contribution in [1.82, 2.24) is 15.1 Å². The molecule has 0 fully saturated rings. The zero-order valence-electron chi connectivity index (χ0n) is 10.5. The molecule has 1 aromatic heterocycles. The molecule has 0 aliphatic heterocycles. The van der Waals surface area contributed by atoms with Gasteiger partial charge >= 0.3 is 0 Å². The Bertz CT molecular complexity index is 544. The van der Waals surface area contributed by atoms with Crippen molar-refractivity contribution in [3.8, 4) is 0 Å². The van der Waals surface area contributed by atoms with Crippen molar-refractivity contribution in [2.24, 2.45) is 7.05 Å². The van der Waals surface area contributed by atoms with Crippen LogP contribution in [0.25, 0.3) is 0 Å². The minimum Gasteiger partial charge on any atom is -0.308 e. The lowest BCUT2D eigenvalue weighted by Crippen LogP contribution is -2.21. The van der Waals surface area contributed by atoms with E-state index in [0.717, 1.165) is 21.8 Å². The second-order valence-corrected chi connectivity index (χ2v) is 4.99. The molecule has 2 aromatic rings. The molecule has 0 bridgehead atoms. The number of nitrogens with zero attached hydrogens (tertiary/aromatic N) is 2. The van der Waals surface area contributed by atoms with Crippen LogP contribution in [-0.2, 0) is 7.05 Å². The van der Waals surface area contributed by atoms with Crippen LogP contribution in [0, 0.1) is 6.92 Å². The predicted molar refractivity (Wildman–Crippen MR) is 75.3 cm³/mol. The van der Waals surface area contributed by atoms with Gasteiger partial charge in [-0.2, -0.15) is 5.10 Å². The maximum atomic E-state index is 6.38. The minimum absolute atomic E-state index is 0.0719. The highest BCUT2D eigenvalue weighted by Crippen LogP contribution is 2.33. The molecule has 0 aliphatic rings. The van der Waals surface area contributed by atoms with Gasteiger partial charge in [0.05, 0.1) is 23.0 Å². The summed E-state index contributed by atoms with van der Waals surface area (Å²) in [4.78, 5) is 0. The van der Waals surface area contributed by atoms with E-state index in [4.69, 9.17) is 23.2 Å². The SMILES string of the molecule is CNC(c1cccc(C)c1Cl)c1c(Cl)cnn1C. The monoisotopic (exact) mass is 283 g/mol. The van der Waals surface area contributed by atoms with E-state index in [-0.39, 0.29) is 6.04 Å². The standard InChI is InChI=1S/C13H15Cl2N3/c1-8-5-4-6-9(11(8)15)12(16-2)13-10(14)7-17-18(13)3/h4-7,12,16H,1-3H3. The van der Waals surface area contributed by atoms with Gasteiger partial charge in [0.2, 0.25) is 0 Å². The third kappa shape index (κ3) is 2.26. The molecule has 0 saturated carbocycles. The molecular weight excluding hydrogens is 269 g/mol. The van der Waals surface area contributed by atoms with Crippen molar-refractivity contribution in [1.29, 1.82) is 0 Å². The molecule has 5 heteroatoms. The Hall–Kier alpha value is -1.03. The second kappa shape index (κ2) is 5.31. The number of hydrogen-bond acceptors (Lipinski definition) is 2. The number of rotatable bonds is 3. The van der Waals surface area contributed by atoms with Crippen LogP contribution in [0.4, 0.5) is 0 Å². The maximum absolute atomic E-state index is 6.38. The Kier molecular flexibility index (Phi) is 3.95. The molecule has 0 amide bonds. The van der Waals surface area contributed by atoms with Crippen LogP contribution >= 0.6 is 23.2 Å². The largest absolute Gasteiger partial charge is 0.308 e. The summed E-state index contributed by atoms with van der Waals surface area (Å²) in [6.45, 7) is 1.99. The molecule has 3 nitrogen and oxygen atoms in total. The molecule has 18 heavy (non-hydrogen) atoms. The number of halogens is 2. The summed E-state index contributed by atoms with van der Waals surface area (Å²) in [5.41, 5.74) is 2.96. The Labute approximate surface area is 117 Å². The lowest BCUT2D eigenvalue weighted by molar-refractivity contribution is 0.606. The number of benzene rings is 1. The third-order valence-corrected chi connectivity index (χ3v) is 3.84. The average Bonchev–Trinajstić information content (AvgIpc) is 2.67. The molecule has 0 spiro atoms. The first-order valence-corrected chi connectivity index (χ1v) is 6.41. The van der Waals surface area contributed by atoms with Crippen LogP contribution in [0.5, 0.6) is 0 Å². The summed E-state index contributed by atoms with van der Waals surface area (Å²) in [6, 6.07) is 5.91. The van der Waals surface area contributed by atoms with E-state index in [9.17, 15) is 0 Å². The summed E-state index contributed by atoms with van der Waals surface area (Å²) in [5, 5.41) is 8.80. The second-order valence-electron chi connectivity index (χ2n) is 4.20. The van der Waals surface area contributed by atoms with Gasteiger partial charge in [0.1, 0.15) is 0 Å². The average molecular weight is 284 g/mol. The van der Waals surface area contributed by atoms with Gasteiger partial charge in [0.25, 0.3) is 0 Å². The van der Waals surface area contributed by atoms with Crippen molar-refractivity contribution >= 4 is 23.2 Å². The lowest BCUT2D eigenvalue weighted by Gasteiger charge is -2.19. The van der Waals surface area contributed by atoms with Gasteiger partial charge in [-0.25, -0.2) is 0 Å². The van der Waals surface area contributed by atoms with E-state index in [1.807, 2.05) is 39.2 Å². The molecule has 96 valence electrons. The first-order chi connectivity index (χ1) is 8.56. The van der Waals surface area contributed by atoms with Gasteiger partial charge in [0, 0.05) is 12.1 Å². The molecular formula is C13H15Cl2N3. The summed E-state index contributed by atoms with van der Waals surface area (Å²) >= 11 is 12.6. The van der Waals surface area contributed by atoms with Crippen molar-refractivity contribution in [3.63, 3.8) is 0 Å². The predicted octanol–water partition coefficient (Wildman–Crippen LogP) is 3.34. The summed E-state index contributed by atoms with van der Waals surface area (Å²) in [6.07, 6.45) is 1.64. The quantitative estimate of drug-likeness (QED) is 0.936. The highest BCUT2D eigenvalue weighted by Gasteiger charge is 2.21. The van der Waals surface area contributed by atoms with E-state index in [1.165, 1.54) is 0 Å². The minimum atomic E-state index is -0.0719. The summed E-state index contributed by atoms with van der Waals surface area (Å²) < 4.78 is 1.77. The normalized spacial score (nSPS) is 12.7. The zero-order chi connectivity index (χ0) is 13.3. The molecule has 0 saturated heterocycles. The Morgan fingerprint density at radius 2 is 2.06 bits per heavy atom. The first-order valence-electron chi connectivity index (χ1n) is 5.66. The number of hydrogen-bond donors (Lipinski definition) is 1. The van der Waals surface area contributed by atoms with Crippen LogP contribution in [0.1, 0.15) is 22.9 Å². The smallest absolute Gasteiger partial charge is 0.0837 e. The molecule has 1 atom stereocenters. The van der Waals surface area contributed by atoms with Gasteiger partial charge in [-0.05, 0) is 25.1 Å². The van der Waals surface area contributed by atoms with Gasteiger partial charge in [-0.15, -0.1) is 0 Å². The highest BCUT2D eigenvalue weighted by molar-refractivity contribution is 6.32. The molecule has 1 heterocycles. The van der Waals surface area contributed by atoms with Crippen molar-refractivity contribution in [3.05, 3.63) is 51.3 Å². The fraction of sp³-hybridized carbons (Fsp3) is 0.308. The van der Waals surface area contributed by atoms with Gasteiger partial charge in [0.15, 0.2) is 0 Å². The molecule has 0 radical (unpaired) electrons. The van der Waals surface area contributed by atoms with Gasteiger partial charge < -0.3 is 5.32 Å². The Morgan fingerprint density at radius 3 is 2.61 bits per heavy atom. The molecule has 0 aliphatic carbocycles. The zero-order valence-corrected chi connectivity index (χ0v) is 12.0. The first kappa shape index (κ1) is 13.4.